The summed E-state index contributed by atoms with van der Waals surface area (Å²) in [6.07, 6.45) is 1.90. The van der Waals surface area contributed by atoms with Crippen LogP contribution < -0.4 is 4.72 Å². The van der Waals surface area contributed by atoms with Gasteiger partial charge in [-0.3, -0.25) is 4.72 Å². The Morgan fingerprint density at radius 2 is 1.96 bits per heavy atom. The van der Waals surface area contributed by atoms with Crippen LogP contribution in [-0.4, -0.2) is 19.7 Å². The third kappa shape index (κ3) is 3.31. The van der Waals surface area contributed by atoms with Gasteiger partial charge in [0.1, 0.15) is 16.5 Å². The summed E-state index contributed by atoms with van der Waals surface area (Å²) in [5, 5.41) is 0. The lowest BCUT2D eigenvalue weighted by Crippen LogP contribution is -2.14. The summed E-state index contributed by atoms with van der Waals surface area (Å²) in [5.74, 6) is -1.84. The average molecular weight is 372 g/mol. The molecule has 0 saturated heterocycles. The molecule has 0 aliphatic carbocycles. The zero-order valence-electron chi connectivity index (χ0n) is 11.7. The number of fused-ring (bicyclic) bond motifs is 1. The first-order valence-corrected chi connectivity index (χ1v) is 9.84. The van der Waals surface area contributed by atoms with Gasteiger partial charge in [-0.05, 0) is 42.7 Å². The van der Waals surface area contributed by atoms with E-state index < -0.39 is 26.6 Å². The number of halogens is 2. The van der Waals surface area contributed by atoms with E-state index in [4.69, 9.17) is 0 Å². The third-order valence-electron chi connectivity index (χ3n) is 2.98. The molecular formula is C14H10F2N2O2S3. The van der Waals surface area contributed by atoms with Crippen LogP contribution >= 0.6 is 23.1 Å². The largest absolute Gasteiger partial charge is 0.279 e. The lowest BCUT2D eigenvalue weighted by Gasteiger charge is -2.09. The summed E-state index contributed by atoms with van der Waals surface area (Å²) in [4.78, 5) is 3.62. The van der Waals surface area contributed by atoms with Gasteiger partial charge in [0.05, 0.1) is 15.9 Å². The Morgan fingerprint density at radius 3 is 2.70 bits per heavy atom. The van der Waals surface area contributed by atoms with Crippen LogP contribution in [0.25, 0.3) is 10.2 Å². The van der Waals surface area contributed by atoms with Gasteiger partial charge in [0, 0.05) is 0 Å². The number of hydrogen-bond acceptors (Lipinski definition) is 5. The SMILES string of the molecule is CSc1nc2ccc(NS(=O)(=O)c3cc(F)ccc3F)cc2s1. The van der Waals surface area contributed by atoms with E-state index in [0.29, 0.717) is 6.07 Å². The van der Waals surface area contributed by atoms with Gasteiger partial charge in [0.2, 0.25) is 0 Å². The molecule has 0 fully saturated rings. The highest BCUT2D eigenvalue weighted by Crippen LogP contribution is 2.30. The summed E-state index contributed by atoms with van der Waals surface area (Å²) in [6, 6.07) is 7.10. The molecule has 0 aliphatic heterocycles. The fraction of sp³-hybridized carbons (Fsp3) is 0.0714. The summed E-state index contributed by atoms with van der Waals surface area (Å²) >= 11 is 2.91. The zero-order valence-corrected chi connectivity index (χ0v) is 14.2. The first-order valence-electron chi connectivity index (χ1n) is 6.31. The van der Waals surface area contributed by atoms with E-state index in [0.717, 1.165) is 26.7 Å². The minimum Gasteiger partial charge on any atom is -0.279 e. The lowest BCUT2D eigenvalue weighted by atomic mass is 10.3. The van der Waals surface area contributed by atoms with Crippen LogP contribution in [0.15, 0.2) is 45.6 Å². The van der Waals surface area contributed by atoms with E-state index in [1.165, 1.54) is 29.2 Å². The molecule has 1 aromatic heterocycles. The van der Waals surface area contributed by atoms with Crippen molar-refractivity contribution in [3.63, 3.8) is 0 Å². The number of aromatic nitrogens is 1. The van der Waals surface area contributed by atoms with Crippen molar-refractivity contribution in [3.8, 4) is 0 Å². The molecule has 0 aliphatic rings. The van der Waals surface area contributed by atoms with Crippen LogP contribution in [0.3, 0.4) is 0 Å². The molecular weight excluding hydrogens is 362 g/mol. The fourth-order valence-corrected chi connectivity index (χ4v) is 4.62. The van der Waals surface area contributed by atoms with Crippen molar-refractivity contribution in [2.45, 2.75) is 9.24 Å². The van der Waals surface area contributed by atoms with Crippen LogP contribution in [0.1, 0.15) is 0 Å². The summed E-state index contributed by atoms with van der Waals surface area (Å²) in [6.45, 7) is 0. The highest BCUT2D eigenvalue weighted by Gasteiger charge is 2.20. The molecule has 0 atom stereocenters. The van der Waals surface area contributed by atoms with Gasteiger partial charge in [0.15, 0.2) is 4.34 Å². The molecule has 120 valence electrons. The smallest absolute Gasteiger partial charge is 0.264 e. The van der Waals surface area contributed by atoms with Gasteiger partial charge in [0.25, 0.3) is 10.0 Å². The molecule has 1 N–H and O–H groups in total. The molecule has 23 heavy (non-hydrogen) atoms. The molecule has 0 spiro atoms. The number of sulfonamides is 1. The Hall–Kier alpha value is -1.71. The maximum Gasteiger partial charge on any atom is 0.264 e. The Morgan fingerprint density at radius 1 is 1.17 bits per heavy atom. The average Bonchev–Trinajstić information content (AvgIpc) is 2.91. The van der Waals surface area contributed by atoms with E-state index in [2.05, 4.69) is 9.71 Å². The van der Waals surface area contributed by atoms with E-state index in [1.807, 2.05) is 6.26 Å². The normalized spacial score (nSPS) is 11.8. The highest BCUT2D eigenvalue weighted by molar-refractivity contribution is 8.00. The number of nitrogens with zero attached hydrogens (tertiary/aromatic N) is 1. The molecule has 9 heteroatoms. The van der Waals surface area contributed by atoms with Crippen molar-refractivity contribution in [2.75, 3.05) is 11.0 Å². The second-order valence-electron chi connectivity index (χ2n) is 4.55. The van der Waals surface area contributed by atoms with Gasteiger partial charge in [-0.2, -0.15) is 0 Å². The molecule has 3 aromatic rings. The maximum atomic E-state index is 13.7. The van der Waals surface area contributed by atoms with Gasteiger partial charge in [-0.1, -0.05) is 11.8 Å². The van der Waals surface area contributed by atoms with E-state index in [1.54, 1.807) is 12.1 Å². The molecule has 4 nitrogen and oxygen atoms in total. The van der Waals surface area contributed by atoms with Crippen molar-refractivity contribution in [1.82, 2.24) is 4.98 Å². The van der Waals surface area contributed by atoms with E-state index >= 15 is 0 Å². The second-order valence-corrected chi connectivity index (χ2v) is 8.28. The Balaban J connectivity index is 1.98. The quantitative estimate of drug-likeness (QED) is 0.701. The van der Waals surface area contributed by atoms with Crippen molar-refractivity contribution in [1.29, 1.82) is 0 Å². The fourth-order valence-electron chi connectivity index (χ4n) is 1.95. The molecule has 0 amide bonds. The van der Waals surface area contributed by atoms with E-state index in [-0.39, 0.29) is 5.69 Å². The molecule has 3 rings (SSSR count). The predicted octanol–water partition coefficient (Wildman–Crippen LogP) is 4.10. The first-order chi connectivity index (χ1) is 10.9. The van der Waals surface area contributed by atoms with Crippen LogP contribution in [-0.2, 0) is 10.0 Å². The second kappa shape index (κ2) is 6.06. The minimum atomic E-state index is -4.22. The number of nitrogens with one attached hydrogen (secondary N) is 1. The molecule has 0 unspecified atom stereocenters. The minimum absolute atomic E-state index is 0.262. The summed E-state index contributed by atoms with van der Waals surface area (Å²) in [5.41, 5.74) is 1.01. The molecule has 0 radical (unpaired) electrons. The molecule has 2 aromatic carbocycles. The standard InChI is InChI=1S/C14H10F2N2O2S3/c1-21-14-17-11-5-3-9(7-12(11)22-14)18-23(19,20)13-6-8(15)2-4-10(13)16/h2-7,18H,1H3. The van der Waals surface area contributed by atoms with Crippen molar-refractivity contribution < 1.29 is 17.2 Å². The summed E-state index contributed by atoms with van der Waals surface area (Å²) < 4.78 is 55.3. The Kier molecular flexibility index (Phi) is 4.26. The number of rotatable bonds is 4. The monoisotopic (exact) mass is 372 g/mol. The lowest BCUT2D eigenvalue weighted by molar-refractivity contribution is 0.555. The number of thiazole rings is 1. The number of hydrogen-bond donors (Lipinski definition) is 1. The maximum absolute atomic E-state index is 13.7. The Bertz CT molecular complexity index is 987. The summed E-state index contributed by atoms with van der Waals surface area (Å²) in [7, 11) is -4.22. The number of benzene rings is 2. The topological polar surface area (TPSA) is 59.1 Å². The molecule has 0 saturated carbocycles. The van der Waals surface area contributed by atoms with Gasteiger partial charge >= 0.3 is 0 Å². The number of thioether (sulfide) groups is 1. The zero-order chi connectivity index (χ0) is 16.6. The van der Waals surface area contributed by atoms with Gasteiger partial charge in [-0.15, -0.1) is 11.3 Å². The Labute approximate surface area is 139 Å². The van der Waals surface area contributed by atoms with Crippen molar-refractivity contribution in [3.05, 3.63) is 48.0 Å². The van der Waals surface area contributed by atoms with Crippen LogP contribution in [0.2, 0.25) is 0 Å². The van der Waals surface area contributed by atoms with Gasteiger partial charge < -0.3 is 0 Å². The molecule has 1 heterocycles. The van der Waals surface area contributed by atoms with Crippen LogP contribution in [0.5, 0.6) is 0 Å². The molecule has 0 bridgehead atoms. The third-order valence-corrected chi connectivity index (χ3v) is 6.38. The van der Waals surface area contributed by atoms with Gasteiger partial charge in [-0.25, -0.2) is 22.2 Å². The van der Waals surface area contributed by atoms with Crippen LogP contribution in [0, 0.1) is 11.6 Å². The van der Waals surface area contributed by atoms with Crippen molar-refractivity contribution in [2.24, 2.45) is 0 Å². The predicted molar refractivity (Wildman–Crippen MR) is 88.6 cm³/mol. The highest BCUT2D eigenvalue weighted by atomic mass is 32.2. The first kappa shape index (κ1) is 16.2. The van der Waals surface area contributed by atoms with E-state index in [9.17, 15) is 17.2 Å². The number of anilines is 1. The van der Waals surface area contributed by atoms with Crippen molar-refractivity contribution >= 4 is 49.0 Å². The van der Waals surface area contributed by atoms with Crippen LogP contribution in [0.4, 0.5) is 14.5 Å².